The third-order valence-electron chi connectivity index (χ3n) is 3.58. The molecule has 1 atom stereocenters. The molecule has 2 aromatic rings. The van der Waals surface area contributed by atoms with Crippen molar-refractivity contribution in [2.45, 2.75) is 19.4 Å². The van der Waals surface area contributed by atoms with Gasteiger partial charge >= 0.3 is 5.69 Å². The quantitative estimate of drug-likeness (QED) is 0.892. The Bertz CT molecular complexity index is 610. The van der Waals surface area contributed by atoms with Gasteiger partial charge in [-0.05, 0) is 50.0 Å². The van der Waals surface area contributed by atoms with Crippen molar-refractivity contribution < 1.29 is 0 Å². The molecule has 0 spiro atoms. The molecule has 2 N–H and O–H groups in total. The van der Waals surface area contributed by atoms with Gasteiger partial charge in [-0.25, -0.2) is 4.79 Å². The number of piperidine rings is 1. The Labute approximate surface area is 114 Å². The molecule has 0 aliphatic carbocycles. The van der Waals surface area contributed by atoms with Crippen LogP contribution in [0.1, 0.15) is 12.8 Å². The predicted octanol–water partition coefficient (Wildman–Crippen LogP) is 2.09. The second-order valence-electron chi connectivity index (χ2n) is 4.91. The first kappa shape index (κ1) is 12.0. The lowest BCUT2D eigenvalue weighted by atomic mass is 10.00. The molecule has 1 aliphatic heterocycles. The fourth-order valence-corrected chi connectivity index (χ4v) is 3.02. The van der Waals surface area contributed by atoms with Crippen LogP contribution in [0.4, 0.5) is 0 Å². The van der Waals surface area contributed by atoms with Crippen molar-refractivity contribution in [3.05, 3.63) is 33.2 Å². The summed E-state index contributed by atoms with van der Waals surface area (Å²) in [6.45, 7) is 2.91. The Hall–Kier alpha value is -1.07. The maximum atomic E-state index is 12.0. The zero-order valence-corrected chi connectivity index (χ0v) is 11.7. The Morgan fingerprint density at radius 2 is 2.33 bits per heavy atom. The van der Waals surface area contributed by atoms with E-state index in [2.05, 4.69) is 26.2 Å². The molecule has 4 nitrogen and oxygen atoms in total. The van der Waals surface area contributed by atoms with Gasteiger partial charge < -0.3 is 10.3 Å². The van der Waals surface area contributed by atoms with Crippen molar-refractivity contribution in [2.24, 2.45) is 5.92 Å². The van der Waals surface area contributed by atoms with Crippen molar-refractivity contribution in [3.63, 3.8) is 0 Å². The molecule has 1 unspecified atom stereocenters. The molecule has 96 valence electrons. The van der Waals surface area contributed by atoms with Gasteiger partial charge in [0.25, 0.3) is 0 Å². The number of hydrogen-bond acceptors (Lipinski definition) is 2. The van der Waals surface area contributed by atoms with Crippen molar-refractivity contribution >= 4 is 27.0 Å². The molecule has 0 saturated carbocycles. The first-order valence-corrected chi connectivity index (χ1v) is 7.12. The lowest BCUT2D eigenvalue weighted by Gasteiger charge is -2.22. The monoisotopic (exact) mass is 309 g/mol. The average molecular weight is 310 g/mol. The van der Waals surface area contributed by atoms with E-state index in [1.807, 2.05) is 22.8 Å². The average Bonchev–Trinajstić information content (AvgIpc) is 2.66. The van der Waals surface area contributed by atoms with Crippen LogP contribution in [0.25, 0.3) is 11.0 Å². The van der Waals surface area contributed by atoms with Crippen LogP contribution in [0.5, 0.6) is 0 Å². The van der Waals surface area contributed by atoms with Crippen LogP contribution in [0.15, 0.2) is 27.5 Å². The van der Waals surface area contributed by atoms with Gasteiger partial charge in [0.05, 0.1) is 11.0 Å². The Balaban J connectivity index is 1.95. The third kappa shape index (κ3) is 2.24. The van der Waals surface area contributed by atoms with Gasteiger partial charge in [-0.15, -0.1) is 0 Å². The molecular formula is C13H16BrN3O. The summed E-state index contributed by atoms with van der Waals surface area (Å²) in [4.78, 5) is 14.9. The molecule has 1 aromatic heterocycles. The van der Waals surface area contributed by atoms with E-state index in [4.69, 9.17) is 0 Å². The number of nitrogens with zero attached hydrogens (tertiary/aromatic N) is 1. The normalized spacial score (nSPS) is 20.4. The highest BCUT2D eigenvalue weighted by molar-refractivity contribution is 9.10. The highest BCUT2D eigenvalue weighted by atomic mass is 79.9. The summed E-state index contributed by atoms with van der Waals surface area (Å²) in [5, 5.41) is 3.39. The van der Waals surface area contributed by atoms with Crippen LogP contribution in [-0.2, 0) is 6.54 Å². The van der Waals surface area contributed by atoms with E-state index >= 15 is 0 Å². The van der Waals surface area contributed by atoms with E-state index < -0.39 is 0 Å². The first-order chi connectivity index (χ1) is 8.74. The lowest BCUT2D eigenvalue weighted by molar-refractivity contribution is 0.337. The van der Waals surface area contributed by atoms with Crippen LogP contribution in [0.3, 0.4) is 0 Å². The minimum Gasteiger partial charge on any atom is -0.316 e. The Morgan fingerprint density at radius 3 is 3.11 bits per heavy atom. The predicted molar refractivity (Wildman–Crippen MR) is 75.9 cm³/mol. The van der Waals surface area contributed by atoms with Gasteiger partial charge in [-0.2, -0.15) is 0 Å². The van der Waals surface area contributed by atoms with Crippen molar-refractivity contribution in [2.75, 3.05) is 13.1 Å². The maximum Gasteiger partial charge on any atom is 0.326 e. The van der Waals surface area contributed by atoms with Crippen LogP contribution in [-0.4, -0.2) is 22.6 Å². The van der Waals surface area contributed by atoms with Gasteiger partial charge in [-0.3, -0.25) is 4.57 Å². The van der Waals surface area contributed by atoms with E-state index in [0.717, 1.165) is 35.1 Å². The van der Waals surface area contributed by atoms with Crippen LogP contribution in [0, 0.1) is 5.92 Å². The molecule has 1 aliphatic rings. The summed E-state index contributed by atoms with van der Waals surface area (Å²) >= 11 is 3.42. The highest BCUT2D eigenvalue weighted by Crippen LogP contribution is 2.19. The summed E-state index contributed by atoms with van der Waals surface area (Å²) in [5.74, 6) is 0.555. The summed E-state index contributed by atoms with van der Waals surface area (Å²) in [5.41, 5.74) is 1.89. The molecule has 1 saturated heterocycles. The molecule has 0 amide bonds. The van der Waals surface area contributed by atoms with Crippen molar-refractivity contribution in [3.8, 4) is 0 Å². The minimum atomic E-state index is -0.00586. The zero-order valence-electron chi connectivity index (χ0n) is 10.1. The zero-order chi connectivity index (χ0) is 12.5. The standard InChI is InChI=1S/C13H16BrN3O/c14-10-3-4-12-11(6-10)16-13(18)17(12)8-9-2-1-5-15-7-9/h3-4,6,9,15H,1-2,5,7-8H2,(H,16,18). The summed E-state index contributed by atoms with van der Waals surface area (Å²) in [6, 6.07) is 5.92. The Morgan fingerprint density at radius 1 is 1.44 bits per heavy atom. The smallest absolute Gasteiger partial charge is 0.316 e. The van der Waals surface area contributed by atoms with E-state index in [9.17, 15) is 4.79 Å². The summed E-state index contributed by atoms with van der Waals surface area (Å²) in [7, 11) is 0. The van der Waals surface area contributed by atoms with Gasteiger partial charge in [0, 0.05) is 11.0 Å². The van der Waals surface area contributed by atoms with E-state index in [-0.39, 0.29) is 5.69 Å². The van der Waals surface area contributed by atoms with E-state index in [1.165, 1.54) is 12.8 Å². The molecule has 0 radical (unpaired) electrons. The van der Waals surface area contributed by atoms with Crippen LogP contribution in [0.2, 0.25) is 0 Å². The number of aromatic nitrogens is 2. The number of imidazole rings is 1. The molecular weight excluding hydrogens is 294 g/mol. The number of benzene rings is 1. The minimum absolute atomic E-state index is 0.00586. The molecule has 2 heterocycles. The number of halogens is 1. The SMILES string of the molecule is O=c1[nH]c2cc(Br)ccc2n1CC1CCCNC1. The molecule has 5 heteroatoms. The number of rotatable bonds is 2. The molecule has 3 rings (SSSR count). The molecule has 0 bridgehead atoms. The number of aromatic amines is 1. The van der Waals surface area contributed by atoms with Crippen molar-refractivity contribution in [1.82, 2.24) is 14.9 Å². The molecule has 1 aromatic carbocycles. The van der Waals surface area contributed by atoms with Gasteiger partial charge in [0.1, 0.15) is 0 Å². The molecule has 1 fully saturated rings. The van der Waals surface area contributed by atoms with E-state index in [0.29, 0.717) is 5.92 Å². The van der Waals surface area contributed by atoms with Gasteiger partial charge in [-0.1, -0.05) is 15.9 Å². The second kappa shape index (κ2) is 4.90. The fraction of sp³-hybridized carbons (Fsp3) is 0.462. The largest absolute Gasteiger partial charge is 0.326 e. The fourth-order valence-electron chi connectivity index (χ4n) is 2.66. The summed E-state index contributed by atoms with van der Waals surface area (Å²) < 4.78 is 2.85. The van der Waals surface area contributed by atoms with Crippen molar-refractivity contribution in [1.29, 1.82) is 0 Å². The number of fused-ring (bicyclic) bond motifs is 1. The number of nitrogens with one attached hydrogen (secondary N) is 2. The topological polar surface area (TPSA) is 49.8 Å². The lowest BCUT2D eigenvalue weighted by Crippen LogP contribution is -2.34. The Kier molecular flexibility index (Phi) is 3.26. The van der Waals surface area contributed by atoms with Crippen LogP contribution < -0.4 is 11.0 Å². The maximum absolute atomic E-state index is 12.0. The van der Waals surface area contributed by atoms with Gasteiger partial charge in [0.15, 0.2) is 0 Å². The number of H-pyrrole nitrogens is 1. The summed E-state index contributed by atoms with van der Waals surface area (Å²) in [6.07, 6.45) is 2.40. The van der Waals surface area contributed by atoms with Crippen LogP contribution >= 0.6 is 15.9 Å². The number of hydrogen-bond donors (Lipinski definition) is 2. The molecule has 18 heavy (non-hydrogen) atoms. The van der Waals surface area contributed by atoms with E-state index in [1.54, 1.807) is 0 Å². The first-order valence-electron chi connectivity index (χ1n) is 6.33. The third-order valence-corrected chi connectivity index (χ3v) is 4.07. The van der Waals surface area contributed by atoms with Gasteiger partial charge in [0.2, 0.25) is 0 Å². The second-order valence-corrected chi connectivity index (χ2v) is 5.83. The highest BCUT2D eigenvalue weighted by Gasteiger charge is 2.16.